The SMILES string of the molecule is CCC(C)(C)[C@@H]1NC(=O)COCCNC(=O)[C@@H](CNC(=O)C[C@@H]2N=C(c3ccc(Cl)cc3)c3c(sc(C)c3C)-n3c(C)nnc32)NC(=O)[C@@H](C)NC(=O)[C@@H](Cc2ccc(-c3ccccc3)cc2)NC(=O)[C@@H]2C[C@@H](O)CN2C1=O. The van der Waals surface area contributed by atoms with E-state index in [0.29, 0.717) is 34.4 Å². The van der Waals surface area contributed by atoms with Gasteiger partial charge in [-0.15, -0.1) is 21.5 Å². The van der Waals surface area contributed by atoms with E-state index in [0.717, 1.165) is 37.7 Å². The first-order chi connectivity index (χ1) is 37.2. The van der Waals surface area contributed by atoms with Gasteiger partial charge in [-0.05, 0) is 73.9 Å². The molecule has 8 rings (SSSR count). The molecular formula is C56H66ClN11O9S. The molecule has 2 saturated heterocycles. The standard InChI is InChI=1S/C56H66ClN11O9S/c1-8-56(6,7)48-54(76)67-28-39(69)25-43(67)53(75)62-41(24-34-14-16-36(17-15-34)35-12-10-9-11-13-35)52(74)60-31(3)50(72)63-42(51(73)58-22-23-77-29-45(71)64-48)27-59-44(70)26-40-49-66-65-33(5)68(49)55-46(30(2)32(4)78-55)47(61-40)37-18-20-38(57)21-19-37/h9-21,31,39-43,48,69H,8,22-29H2,1-7H3,(H,58,73)(H,59,70)(H,60,74)(H,62,75)(H,63,72)(H,64,71)/t31-,39-,40+,41-,42-,43+,48-/m1/s1. The number of aliphatic hydroxyl groups is 1. The van der Waals surface area contributed by atoms with Crippen molar-refractivity contribution >= 4 is 70.0 Å². The Morgan fingerprint density at radius 1 is 0.846 bits per heavy atom. The maximum Gasteiger partial charge on any atom is 0.246 e. The van der Waals surface area contributed by atoms with E-state index >= 15 is 0 Å². The summed E-state index contributed by atoms with van der Waals surface area (Å²) in [6.45, 7) is 11.3. The number of carbonyl (C=O) groups excluding carboxylic acids is 7. The number of nitrogens with zero attached hydrogens (tertiary/aromatic N) is 5. The van der Waals surface area contributed by atoms with E-state index in [-0.39, 0.29) is 39.0 Å². The van der Waals surface area contributed by atoms with Crippen LogP contribution in [0, 0.1) is 26.2 Å². The quantitative estimate of drug-likeness (QED) is 0.106. The average Bonchev–Trinajstić information content (AvgIpc) is 4.16. The number of aromatic nitrogens is 3. The molecule has 5 heterocycles. The van der Waals surface area contributed by atoms with Gasteiger partial charge in [0.15, 0.2) is 5.82 Å². The van der Waals surface area contributed by atoms with Crippen molar-refractivity contribution < 1.29 is 43.4 Å². The van der Waals surface area contributed by atoms with Crippen molar-refractivity contribution in [2.45, 2.75) is 117 Å². The molecule has 20 nitrogen and oxygen atoms in total. The van der Waals surface area contributed by atoms with Crippen molar-refractivity contribution in [3.8, 4) is 16.1 Å². The summed E-state index contributed by atoms with van der Waals surface area (Å²) in [7, 11) is 0. The predicted molar refractivity (Wildman–Crippen MR) is 294 cm³/mol. The van der Waals surface area contributed by atoms with Crippen LogP contribution in [0.15, 0.2) is 83.9 Å². The molecule has 2 aromatic heterocycles. The highest BCUT2D eigenvalue weighted by molar-refractivity contribution is 7.15. The summed E-state index contributed by atoms with van der Waals surface area (Å²) < 4.78 is 7.54. The molecule has 78 heavy (non-hydrogen) atoms. The van der Waals surface area contributed by atoms with Crippen LogP contribution in [0.5, 0.6) is 0 Å². The van der Waals surface area contributed by atoms with Gasteiger partial charge in [0, 0.05) is 53.5 Å². The fourth-order valence-electron chi connectivity index (χ4n) is 9.66. The van der Waals surface area contributed by atoms with Gasteiger partial charge < -0.3 is 46.6 Å². The van der Waals surface area contributed by atoms with Crippen LogP contribution in [0.25, 0.3) is 16.1 Å². The van der Waals surface area contributed by atoms with Crippen molar-refractivity contribution in [2.75, 3.05) is 32.8 Å². The second kappa shape index (κ2) is 24.6. The molecule has 3 aromatic carbocycles. The van der Waals surface area contributed by atoms with E-state index in [1.54, 1.807) is 37.3 Å². The summed E-state index contributed by atoms with van der Waals surface area (Å²) in [6.07, 6.45) is -1.05. The molecule has 0 aliphatic carbocycles. The van der Waals surface area contributed by atoms with Crippen molar-refractivity contribution in [1.82, 2.24) is 51.6 Å². The number of amides is 7. The Labute approximate surface area is 461 Å². The molecule has 0 radical (unpaired) electrons. The third-order valence-electron chi connectivity index (χ3n) is 14.6. The first kappa shape index (κ1) is 56.9. The molecule has 7 amide bonds. The number of carbonyl (C=O) groups is 7. The highest BCUT2D eigenvalue weighted by atomic mass is 35.5. The van der Waals surface area contributed by atoms with Crippen molar-refractivity contribution in [3.63, 3.8) is 0 Å². The molecular weight excluding hydrogens is 1040 g/mol. The number of hydrogen-bond donors (Lipinski definition) is 7. The minimum atomic E-state index is -1.40. The lowest BCUT2D eigenvalue weighted by Gasteiger charge is -2.37. The molecule has 3 aliphatic heterocycles. The molecule has 2 fully saturated rings. The monoisotopic (exact) mass is 1100 g/mol. The predicted octanol–water partition coefficient (Wildman–Crippen LogP) is 3.72. The van der Waals surface area contributed by atoms with Gasteiger partial charge in [0.1, 0.15) is 53.7 Å². The van der Waals surface area contributed by atoms with Gasteiger partial charge in [0.2, 0.25) is 41.4 Å². The number of aryl methyl sites for hydroxylation is 2. The van der Waals surface area contributed by atoms with Crippen LogP contribution in [0.3, 0.4) is 0 Å². The third kappa shape index (κ3) is 13.0. The molecule has 22 heteroatoms. The number of rotatable bonds is 10. The van der Waals surface area contributed by atoms with Gasteiger partial charge in [0.25, 0.3) is 0 Å². The summed E-state index contributed by atoms with van der Waals surface area (Å²) in [5.41, 5.74) is 5.02. The molecule has 0 saturated carbocycles. The van der Waals surface area contributed by atoms with Crippen LogP contribution in [-0.4, -0.2) is 141 Å². The first-order valence-corrected chi connectivity index (χ1v) is 27.2. The Morgan fingerprint density at radius 2 is 1.53 bits per heavy atom. The van der Waals surface area contributed by atoms with Crippen molar-refractivity contribution in [2.24, 2.45) is 10.4 Å². The third-order valence-corrected chi connectivity index (χ3v) is 16.1. The molecule has 0 unspecified atom stereocenters. The summed E-state index contributed by atoms with van der Waals surface area (Å²) in [4.78, 5) is 106. The lowest BCUT2D eigenvalue weighted by molar-refractivity contribution is -0.145. The number of ether oxygens (including phenoxy) is 1. The average molecular weight is 1100 g/mol. The Morgan fingerprint density at radius 3 is 2.23 bits per heavy atom. The van der Waals surface area contributed by atoms with Gasteiger partial charge in [-0.3, -0.25) is 43.1 Å². The molecule has 7 atom stereocenters. The van der Waals surface area contributed by atoms with E-state index in [1.807, 2.05) is 99.0 Å². The van der Waals surface area contributed by atoms with E-state index < -0.39 is 102 Å². The first-order valence-electron chi connectivity index (χ1n) is 26.0. The van der Waals surface area contributed by atoms with E-state index in [1.165, 1.54) is 11.8 Å². The number of benzene rings is 3. The van der Waals surface area contributed by atoms with E-state index in [9.17, 15) is 38.7 Å². The zero-order chi connectivity index (χ0) is 56.0. The molecule has 7 N–H and O–H groups in total. The zero-order valence-electron chi connectivity index (χ0n) is 44.6. The summed E-state index contributed by atoms with van der Waals surface area (Å²) in [5.74, 6) is -3.74. The second-order valence-electron chi connectivity index (χ2n) is 20.6. The molecule has 3 aliphatic rings. The summed E-state index contributed by atoms with van der Waals surface area (Å²) in [5, 5.41) is 37.6. The minimum absolute atomic E-state index is 0.0433. The van der Waals surface area contributed by atoms with Crippen LogP contribution < -0.4 is 31.9 Å². The Kier molecular flexibility index (Phi) is 17.9. The van der Waals surface area contributed by atoms with E-state index in [4.69, 9.17) is 21.3 Å². The van der Waals surface area contributed by atoms with Gasteiger partial charge in [-0.1, -0.05) is 99.1 Å². The van der Waals surface area contributed by atoms with Gasteiger partial charge >= 0.3 is 0 Å². The number of aliphatic hydroxyl groups excluding tert-OH is 1. The fraction of sp³-hybridized carbons (Fsp3) is 0.429. The number of halogens is 1. The van der Waals surface area contributed by atoms with Crippen molar-refractivity contribution in [1.29, 1.82) is 0 Å². The largest absolute Gasteiger partial charge is 0.391 e. The van der Waals surface area contributed by atoms with Gasteiger partial charge in [-0.2, -0.15) is 0 Å². The highest BCUT2D eigenvalue weighted by Gasteiger charge is 2.46. The lowest BCUT2D eigenvalue weighted by Crippen LogP contribution is -2.60. The van der Waals surface area contributed by atoms with Crippen molar-refractivity contribution in [3.05, 3.63) is 123 Å². The summed E-state index contributed by atoms with van der Waals surface area (Å²) >= 11 is 7.86. The number of thiophene rings is 1. The number of aliphatic imine (C=N–C) groups is 1. The molecule has 5 aromatic rings. The molecule has 0 spiro atoms. The Hall–Kier alpha value is -7.33. The fourth-order valence-corrected chi connectivity index (χ4v) is 11.0. The number of nitrogens with one attached hydrogen (secondary N) is 6. The van der Waals surface area contributed by atoms with Crippen LogP contribution in [-0.2, 0) is 44.7 Å². The molecule has 412 valence electrons. The van der Waals surface area contributed by atoms with Crippen LogP contribution in [0.4, 0.5) is 0 Å². The number of hydrogen-bond acceptors (Lipinski definition) is 13. The smallest absolute Gasteiger partial charge is 0.246 e. The normalized spacial score (nSPS) is 23.0. The van der Waals surface area contributed by atoms with Crippen LogP contribution in [0.2, 0.25) is 5.02 Å². The highest BCUT2D eigenvalue weighted by Crippen LogP contribution is 2.40. The molecule has 0 bridgehead atoms. The van der Waals surface area contributed by atoms with Crippen LogP contribution >= 0.6 is 22.9 Å². The summed E-state index contributed by atoms with van der Waals surface area (Å²) in [6, 6.07) is 17.1. The minimum Gasteiger partial charge on any atom is -0.391 e. The maximum absolute atomic E-state index is 14.5. The zero-order valence-corrected chi connectivity index (χ0v) is 46.2. The van der Waals surface area contributed by atoms with Gasteiger partial charge in [0.05, 0.1) is 24.8 Å². The topological polar surface area (TPSA) is 267 Å². The van der Waals surface area contributed by atoms with Gasteiger partial charge in [-0.25, -0.2) is 0 Å². The second-order valence-corrected chi connectivity index (χ2v) is 22.3. The Balaban J connectivity index is 1.05. The Bertz CT molecular complexity index is 3090. The van der Waals surface area contributed by atoms with E-state index in [2.05, 4.69) is 42.1 Å². The van der Waals surface area contributed by atoms with Crippen LogP contribution in [0.1, 0.15) is 91.8 Å². The maximum atomic E-state index is 14.5. The number of fused-ring (bicyclic) bond motifs is 4. The lowest BCUT2D eigenvalue weighted by atomic mass is 9.81.